The first-order valence-electron chi connectivity index (χ1n) is 5.64. The highest BCUT2D eigenvalue weighted by Gasteiger charge is 2.18. The normalized spacial score (nSPS) is 12.0. The molecule has 1 amide bonds. The Kier molecular flexibility index (Phi) is 4.97. The molecule has 1 unspecified atom stereocenters. The molecule has 1 N–H and O–H groups in total. The molecule has 0 radical (unpaired) electrons. The molecule has 100 valence electrons. The first kappa shape index (κ1) is 14.3. The third-order valence-electron chi connectivity index (χ3n) is 2.82. The average Bonchev–Trinajstić information content (AvgIpc) is 2.37. The summed E-state index contributed by atoms with van der Waals surface area (Å²) in [5.41, 5.74) is 0.416. The maximum atomic E-state index is 12.1. The van der Waals surface area contributed by atoms with Gasteiger partial charge in [-0.2, -0.15) is 0 Å². The Morgan fingerprint density at radius 3 is 2.61 bits per heavy atom. The van der Waals surface area contributed by atoms with Gasteiger partial charge < -0.3 is 19.5 Å². The van der Waals surface area contributed by atoms with Crippen molar-refractivity contribution in [2.45, 2.75) is 13.0 Å². The van der Waals surface area contributed by atoms with Gasteiger partial charge in [-0.15, -0.1) is 0 Å². The summed E-state index contributed by atoms with van der Waals surface area (Å²) in [5, 5.41) is 9.64. The van der Waals surface area contributed by atoms with Gasteiger partial charge in [0.05, 0.1) is 19.8 Å². The molecule has 0 aliphatic rings. The molecule has 0 fully saturated rings. The van der Waals surface area contributed by atoms with Crippen molar-refractivity contribution in [3.05, 3.63) is 23.8 Å². The standard InChI is InChI=1S/C13H19NO4/c1-9(8-17-3)14(2)13(16)10-5-6-12(18-4)11(15)7-10/h5-7,9,15H,8H2,1-4H3. The fourth-order valence-electron chi connectivity index (χ4n) is 1.58. The summed E-state index contributed by atoms with van der Waals surface area (Å²) in [6, 6.07) is 4.55. The van der Waals surface area contributed by atoms with Crippen LogP contribution in [0.1, 0.15) is 17.3 Å². The predicted octanol–water partition coefficient (Wildman–Crippen LogP) is 1.51. The number of benzene rings is 1. The first-order valence-corrected chi connectivity index (χ1v) is 5.64. The molecule has 0 aliphatic heterocycles. The number of hydrogen-bond acceptors (Lipinski definition) is 4. The average molecular weight is 253 g/mol. The maximum absolute atomic E-state index is 12.1. The van der Waals surface area contributed by atoms with E-state index >= 15 is 0 Å². The minimum absolute atomic E-state index is 0.0354. The predicted molar refractivity (Wildman–Crippen MR) is 68.1 cm³/mol. The Bertz CT molecular complexity index is 419. The smallest absolute Gasteiger partial charge is 0.254 e. The minimum atomic E-state index is -0.169. The van der Waals surface area contributed by atoms with Crippen LogP contribution >= 0.6 is 0 Å². The monoisotopic (exact) mass is 253 g/mol. The van der Waals surface area contributed by atoms with Crippen molar-refractivity contribution in [2.24, 2.45) is 0 Å². The number of carbonyl (C=O) groups is 1. The van der Waals surface area contributed by atoms with Crippen molar-refractivity contribution in [1.29, 1.82) is 0 Å². The van der Waals surface area contributed by atoms with E-state index in [1.807, 2.05) is 6.92 Å². The van der Waals surface area contributed by atoms with Gasteiger partial charge in [0, 0.05) is 19.7 Å². The second kappa shape index (κ2) is 6.26. The molecule has 0 bridgehead atoms. The lowest BCUT2D eigenvalue weighted by Crippen LogP contribution is -2.37. The maximum Gasteiger partial charge on any atom is 0.254 e. The lowest BCUT2D eigenvalue weighted by molar-refractivity contribution is 0.0633. The van der Waals surface area contributed by atoms with Gasteiger partial charge in [0.2, 0.25) is 0 Å². The number of carbonyl (C=O) groups excluding carboxylic acids is 1. The Morgan fingerprint density at radius 2 is 2.11 bits per heavy atom. The summed E-state index contributed by atoms with van der Waals surface area (Å²) in [6.07, 6.45) is 0. The highest BCUT2D eigenvalue weighted by molar-refractivity contribution is 5.94. The Hall–Kier alpha value is -1.75. The van der Waals surface area contributed by atoms with E-state index in [1.165, 1.54) is 13.2 Å². The van der Waals surface area contributed by atoms with E-state index in [1.54, 1.807) is 31.2 Å². The summed E-state index contributed by atoms with van der Waals surface area (Å²) in [7, 11) is 4.75. The molecule has 18 heavy (non-hydrogen) atoms. The zero-order chi connectivity index (χ0) is 13.7. The number of likely N-dealkylation sites (N-methyl/N-ethyl adjacent to an activating group) is 1. The third-order valence-corrected chi connectivity index (χ3v) is 2.82. The van der Waals surface area contributed by atoms with Crippen molar-refractivity contribution in [1.82, 2.24) is 4.90 Å². The molecular formula is C13H19NO4. The molecule has 1 aromatic carbocycles. The number of phenols is 1. The van der Waals surface area contributed by atoms with Gasteiger partial charge in [0.1, 0.15) is 0 Å². The minimum Gasteiger partial charge on any atom is -0.504 e. The molecule has 0 spiro atoms. The highest BCUT2D eigenvalue weighted by Crippen LogP contribution is 2.26. The molecule has 0 heterocycles. The second-order valence-corrected chi connectivity index (χ2v) is 4.11. The van der Waals surface area contributed by atoms with E-state index in [9.17, 15) is 9.90 Å². The number of ether oxygens (including phenoxy) is 2. The van der Waals surface area contributed by atoms with Crippen LogP contribution in [0.5, 0.6) is 11.5 Å². The van der Waals surface area contributed by atoms with E-state index in [0.717, 1.165) is 0 Å². The van der Waals surface area contributed by atoms with Crippen LogP contribution in [-0.2, 0) is 4.74 Å². The van der Waals surface area contributed by atoms with Crippen LogP contribution in [0.15, 0.2) is 18.2 Å². The third kappa shape index (κ3) is 3.13. The van der Waals surface area contributed by atoms with Gasteiger partial charge in [-0.1, -0.05) is 0 Å². The highest BCUT2D eigenvalue weighted by atomic mass is 16.5. The largest absolute Gasteiger partial charge is 0.504 e. The number of nitrogens with zero attached hydrogens (tertiary/aromatic N) is 1. The lowest BCUT2D eigenvalue weighted by Gasteiger charge is -2.24. The van der Waals surface area contributed by atoms with Crippen LogP contribution in [0.4, 0.5) is 0 Å². The van der Waals surface area contributed by atoms with Gasteiger partial charge in [0.15, 0.2) is 11.5 Å². The van der Waals surface area contributed by atoms with Crippen LogP contribution in [0.2, 0.25) is 0 Å². The quantitative estimate of drug-likeness (QED) is 0.864. The molecule has 1 rings (SSSR count). The summed E-state index contributed by atoms with van der Waals surface area (Å²) < 4.78 is 9.94. The van der Waals surface area contributed by atoms with Crippen molar-refractivity contribution in [3.63, 3.8) is 0 Å². The van der Waals surface area contributed by atoms with Gasteiger partial charge >= 0.3 is 0 Å². The Labute approximate surface area is 107 Å². The van der Waals surface area contributed by atoms with Crippen LogP contribution in [-0.4, -0.2) is 49.8 Å². The number of hydrogen-bond donors (Lipinski definition) is 1. The van der Waals surface area contributed by atoms with Crippen molar-refractivity contribution < 1.29 is 19.4 Å². The van der Waals surface area contributed by atoms with Crippen LogP contribution in [0.3, 0.4) is 0 Å². The van der Waals surface area contributed by atoms with Crippen LogP contribution in [0, 0.1) is 0 Å². The number of rotatable bonds is 5. The molecule has 1 aromatic rings. The Morgan fingerprint density at radius 1 is 1.44 bits per heavy atom. The Balaban J connectivity index is 2.87. The van der Waals surface area contributed by atoms with Gasteiger partial charge in [0.25, 0.3) is 5.91 Å². The lowest BCUT2D eigenvalue weighted by atomic mass is 10.1. The van der Waals surface area contributed by atoms with E-state index < -0.39 is 0 Å². The summed E-state index contributed by atoms with van der Waals surface area (Å²) in [4.78, 5) is 13.7. The molecule has 5 heteroatoms. The SMILES string of the molecule is COCC(C)N(C)C(=O)c1ccc(OC)c(O)c1. The summed E-state index contributed by atoms with van der Waals surface area (Å²) in [6.45, 7) is 2.36. The van der Waals surface area contributed by atoms with Crippen molar-refractivity contribution >= 4 is 5.91 Å². The molecule has 0 saturated heterocycles. The van der Waals surface area contributed by atoms with Crippen LogP contribution < -0.4 is 4.74 Å². The van der Waals surface area contributed by atoms with Crippen LogP contribution in [0.25, 0.3) is 0 Å². The van der Waals surface area contributed by atoms with Gasteiger partial charge in [-0.25, -0.2) is 0 Å². The van der Waals surface area contributed by atoms with E-state index in [0.29, 0.717) is 17.9 Å². The fraction of sp³-hybridized carbons (Fsp3) is 0.462. The second-order valence-electron chi connectivity index (χ2n) is 4.11. The van der Waals surface area contributed by atoms with Crippen molar-refractivity contribution in [3.8, 4) is 11.5 Å². The topological polar surface area (TPSA) is 59.0 Å². The molecule has 1 atom stereocenters. The molecule has 0 aromatic heterocycles. The first-order chi connectivity index (χ1) is 8.51. The summed E-state index contributed by atoms with van der Waals surface area (Å²) >= 11 is 0. The van der Waals surface area contributed by atoms with E-state index in [-0.39, 0.29) is 17.7 Å². The molecular weight excluding hydrogens is 234 g/mol. The number of aromatic hydroxyl groups is 1. The number of methoxy groups -OCH3 is 2. The molecule has 5 nitrogen and oxygen atoms in total. The number of phenolic OH excluding ortho intramolecular Hbond substituents is 1. The zero-order valence-corrected chi connectivity index (χ0v) is 11.1. The molecule has 0 saturated carbocycles. The molecule has 0 aliphatic carbocycles. The van der Waals surface area contributed by atoms with Gasteiger partial charge in [-0.05, 0) is 25.1 Å². The number of amides is 1. The fourth-order valence-corrected chi connectivity index (χ4v) is 1.58. The van der Waals surface area contributed by atoms with Crippen molar-refractivity contribution in [2.75, 3.05) is 27.9 Å². The van der Waals surface area contributed by atoms with E-state index in [4.69, 9.17) is 9.47 Å². The van der Waals surface area contributed by atoms with Gasteiger partial charge in [-0.3, -0.25) is 4.79 Å². The van der Waals surface area contributed by atoms with E-state index in [2.05, 4.69) is 0 Å². The zero-order valence-electron chi connectivity index (χ0n) is 11.1. The summed E-state index contributed by atoms with van der Waals surface area (Å²) in [5.74, 6) is 0.132.